The van der Waals surface area contributed by atoms with Crippen LogP contribution in [0.2, 0.25) is 0 Å². The van der Waals surface area contributed by atoms with Gasteiger partial charge < -0.3 is 4.74 Å². The van der Waals surface area contributed by atoms with Crippen LogP contribution in [-0.2, 0) is 11.2 Å². The summed E-state index contributed by atoms with van der Waals surface area (Å²) in [6.07, 6.45) is 31.2. The molecule has 5 aliphatic carbocycles. The van der Waals surface area contributed by atoms with Gasteiger partial charge in [0.2, 0.25) is 0 Å². The smallest absolute Gasteiger partial charge is 0.122 e. The van der Waals surface area contributed by atoms with Crippen LogP contribution in [0.15, 0.2) is 52.8 Å². The third kappa shape index (κ3) is 7.77. The van der Waals surface area contributed by atoms with Crippen molar-refractivity contribution >= 4 is 0 Å². The lowest BCUT2D eigenvalue weighted by Crippen LogP contribution is -2.45. The maximum Gasteiger partial charge on any atom is 0.122 e. The van der Waals surface area contributed by atoms with Gasteiger partial charge in [-0.2, -0.15) is 5.26 Å². The minimum absolute atomic E-state index is 0.352. The predicted molar refractivity (Wildman–Crippen MR) is 188 cm³/mol. The third-order valence-corrected chi connectivity index (χ3v) is 12.6. The van der Waals surface area contributed by atoms with Gasteiger partial charge in [-0.1, -0.05) is 134 Å². The van der Waals surface area contributed by atoms with Crippen molar-refractivity contribution in [3.05, 3.63) is 58.4 Å². The van der Waals surface area contributed by atoms with Crippen LogP contribution in [-0.4, -0.2) is 6.61 Å². The molecule has 6 rings (SSSR count). The van der Waals surface area contributed by atoms with Crippen LogP contribution in [0.25, 0.3) is 0 Å². The number of nitriles is 1. The molecule has 0 bridgehead atoms. The number of nitrogens with zero attached hydrogens (tertiary/aromatic N) is 1. The first-order valence-corrected chi connectivity index (χ1v) is 19.8. The lowest BCUT2D eigenvalue weighted by atomic mass is 9.52. The second-order valence-corrected chi connectivity index (χ2v) is 15.9. The normalized spacial score (nSPS) is 26.7. The van der Waals surface area contributed by atoms with Crippen molar-refractivity contribution in [1.82, 2.24) is 0 Å². The van der Waals surface area contributed by atoms with Crippen LogP contribution in [0.4, 0.5) is 0 Å². The highest BCUT2D eigenvalue weighted by atomic mass is 16.5. The van der Waals surface area contributed by atoms with E-state index in [9.17, 15) is 5.26 Å². The van der Waals surface area contributed by atoms with Gasteiger partial charge in [-0.15, -0.1) is 0 Å². The summed E-state index contributed by atoms with van der Waals surface area (Å²) < 4.78 is 7.29. The number of hydrogen-bond donors (Lipinski definition) is 0. The van der Waals surface area contributed by atoms with Gasteiger partial charge in [-0.3, -0.25) is 0 Å². The van der Waals surface area contributed by atoms with E-state index in [0.29, 0.717) is 23.7 Å². The second kappa shape index (κ2) is 16.2. The summed E-state index contributed by atoms with van der Waals surface area (Å²) in [5, 5.41) is 11.7. The Bertz CT molecular complexity index is 1170. The lowest BCUT2D eigenvalue weighted by molar-refractivity contribution is 0.131. The Morgan fingerprint density at radius 1 is 0.733 bits per heavy atom. The molecular formula is C43H63NO. The first-order valence-electron chi connectivity index (χ1n) is 19.8. The van der Waals surface area contributed by atoms with Gasteiger partial charge in [0.1, 0.15) is 5.76 Å². The van der Waals surface area contributed by atoms with Crippen LogP contribution in [0.3, 0.4) is 0 Å². The van der Waals surface area contributed by atoms with E-state index >= 15 is 0 Å². The second-order valence-electron chi connectivity index (χ2n) is 15.9. The highest BCUT2D eigenvalue weighted by Crippen LogP contribution is 2.63. The van der Waals surface area contributed by atoms with Crippen LogP contribution >= 0.6 is 0 Å². The number of ether oxygens (including phenoxy) is 1. The molecule has 2 heteroatoms. The van der Waals surface area contributed by atoms with E-state index < -0.39 is 0 Å². The molecule has 2 nitrogen and oxygen atoms in total. The van der Waals surface area contributed by atoms with Crippen LogP contribution < -0.4 is 0 Å². The van der Waals surface area contributed by atoms with Crippen molar-refractivity contribution in [2.24, 2.45) is 35.0 Å². The molecule has 0 spiro atoms. The molecule has 4 saturated carbocycles. The van der Waals surface area contributed by atoms with Crippen molar-refractivity contribution in [3.63, 3.8) is 0 Å². The van der Waals surface area contributed by atoms with E-state index in [4.69, 9.17) is 4.74 Å². The van der Waals surface area contributed by atoms with Gasteiger partial charge in [-0.05, 0) is 104 Å². The fourth-order valence-corrected chi connectivity index (χ4v) is 9.89. The molecule has 1 aromatic rings. The van der Waals surface area contributed by atoms with Crippen molar-refractivity contribution in [3.8, 4) is 6.07 Å². The standard InChI is InChI=1S/C43H63NO/c1-2-3-4-5-6-7-8-17-29-45-42-39(35-25-18-26-35)38(30-33-19-11-9-12-20-33)43(32-44,31-34-27-28-34)41(37-23-15-16-24-37)40(42)36-21-13-10-14-22-36/h9,11-12,19-20,34-37,41H,2-8,10,13-18,21-31H2,1H3. The lowest BCUT2D eigenvalue weighted by Gasteiger charge is -2.51. The zero-order valence-electron chi connectivity index (χ0n) is 28.8. The average Bonchev–Trinajstić information content (AvgIpc) is 3.70. The minimum Gasteiger partial charge on any atom is -0.493 e. The van der Waals surface area contributed by atoms with Gasteiger partial charge in [-0.25, -0.2) is 0 Å². The Labute approximate surface area is 276 Å². The van der Waals surface area contributed by atoms with E-state index in [1.54, 1.807) is 11.1 Å². The van der Waals surface area contributed by atoms with Crippen LogP contribution in [0, 0.1) is 46.3 Å². The summed E-state index contributed by atoms with van der Waals surface area (Å²) in [6.45, 7) is 3.16. The van der Waals surface area contributed by atoms with Crippen LogP contribution in [0.5, 0.6) is 0 Å². The quantitative estimate of drug-likeness (QED) is 0.165. The van der Waals surface area contributed by atoms with Crippen LogP contribution in [0.1, 0.15) is 160 Å². The van der Waals surface area contributed by atoms with Crippen molar-refractivity contribution in [2.45, 2.75) is 161 Å². The number of unbranched alkanes of at least 4 members (excludes halogenated alkanes) is 7. The molecule has 0 aliphatic heterocycles. The first kappa shape index (κ1) is 32.9. The highest BCUT2D eigenvalue weighted by molar-refractivity contribution is 5.53. The minimum atomic E-state index is -0.366. The van der Waals surface area contributed by atoms with Gasteiger partial charge in [0.15, 0.2) is 0 Å². The number of rotatable bonds is 17. The molecule has 0 radical (unpaired) electrons. The van der Waals surface area contributed by atoms with Crippen molar-refractivity contribution < 1.29 is 4.74 Å². The zero-order valence-corrected chi connectivity index (χ0v) is 28.8. The van der Waals surface area contributed by atoms with Crippen molar-refractivity contribution in [1.29, 1.82) is 5.26 Å². The van der Waals surface area contributed by atoms with E-state index in [2.05, 4.69) is 43.3 Å². The Morgan fingerprint density at radius 3 is 2.00 bits per heavy atom. The molecule has 0 saturated heterocycles. The molecule has 246 valence electrons. The largest absolute Gasteiger partial charge is 0.493 e. The zero-order chi connectivity index (χ0) is 30.9. The van der Waals surface area contributed by atoms with Gasteiger partial charge in [0, 0.05) is 5.92 Å². The molecule has 0 aromatic heterocycles. The monoisotopic (exact) mass is 609 g/mol. The summed E-state index contributed by atoms with van der Waals surface area (Å²) in [7, 11) is 0. The molecule has 5 aliphatic rings. The SMILES string of the molecule is CCCCCCCCCCOC1=C(C2CCCCC2)C(C2CCCC2)C(C#N)(CC2CC2)C(Cc2ccccc2)=C1C1CCC1. The molecule has 2 atom stereocenters. The maximum absolute atomic E-state index is 11.7. The van der Waals surface area contributed by atoms with Gasteiger partial charge in [0.05, 0.1) is 18.1 Å². The fourth-order valence-electron chi connectivity index (χ4n) is 9.89. The predicted octanol–water partition coefficient (Wildman–Crippen LogP) is 12.4. The number of hydrogen-bond acceptors (Lipinski definition) is 2. The van der Waals surface area contributed by atoms with E-state index in [0.717, 1.165) is 25.4 Å². The third-order valence-electron chi connectivity index (χ3n) is 12.6. The molecule has 45 heavy (non-hydrogen) atoms. The highest BCUT2D eigenvalue weighted by Gasteiger charge is 2.56. The topological polar surface area (TPSA) is 33.0 Å². The summed E-state index contributed by atoms with van der Waals surface area (Å²) in [6, 6.07) is 14.5. The number of benzene rings is 1. The summed E-state index contributed by atoms with van der Waals surface area (Å²) in [4.78, 5) is 0. The van der Waals surface area contributed by atoms with Gasteiger partial charge >= 0.3 is 0 Å². The summed E-state index contributed by atoms with van der Waals surface area (Å²) >= 11 is 0. The maximum atomic E-state index is 11.7. The van der Waals surface area contributed by atoms with Gasteiger partial charge in [0.25, 0.3) is 0 Å². The molecule has 1 aromatic carbocycles. The Morgan fingerprint density at radius 2 is 1.38 bits per heavy atom. The first-order chi connectivity index (χ1) is 22.2. The molecule has 0 N–H and O–H groups in total. The van der Waals surface area contributed by atoms with Crippen molar-refractivity contribution in [2.75, 3.05) is 6.61 Å². The summed E-state index contributed by atoms with van der Waals surface area (Å²) in [5.41, 5.74) is 5.74. The Hall–Kier alpha value is -2.01. The van der Waals surface area contributed by atoms with E-state index in [-0.39, 0.29) is 5.41 Å². The molecule has 0 heterocycles. The Balaban J connectivity index is 1.41. The number of allylic oxidation sites excluding steroid dienone is 3. The molecule has 0 amide bonds. The van der Waals surface area contributed by atoms with E-state index in [1.165, 1.54) is 158 Å². The molecular weight excluding hydrogens is 546 g/mol. The summed E-state index contributed by atoms with van der Waals surface area (Å²) in [5.74, 6) is 4.25. The Kier molecular flexibility index (Phi) is 11.8. The van der Waals surface area contributed by atoms with E-state index in [1.807, 2.05) is 0 Å². The average molecular weight is 610 g/mol. The molecule has 2 unspecified atom stereocenters. The fraction of sp³-hybridized carbons (Fsp3) is 0.744. The molecule has 4 fully saturated rings.